The number of nitrogens with one attached hydrogen (secondary N) is 1. The van der Waals surface area contributed by atoms with Gasteiger partial charge in [0.15, 0.2) is 0 Å². The molecule has 0 atom stereocenters. The molecule has 0 fully saturated rings. The summed E-state index contributed by atoms with van der Waals surface area (Å²) in [5.41, 5.74) is 9.07. The molecule has 0 bridgehead atoms. The Morgan fingerprint density at radius 1 is 1.30 bits per heavy atom. The topological polar surface area (TPSA) is 95.1 Å². The first-order valence-corrected chi connectivity index (χ1v) is 9.18. The smallest absolute Gasteiger partial charge is 0.248 e. The monoisotopic (exact) mass is 429 g/mol. The largest absolute Gasteiger partial charge is 0.495 e. The first-order chi connectivity index (χ1) is 12.9. The molecule has 7 nitrogen and oxygen atoms in total. The van der Waals surface area contributed by atoms with Gasteiger partial charge in [-0.1, -0.05) is 0 Å². The molecular weight excluding hydrogens is 410 g/mol. The molecule has 3 rings (SSSR count). The number of hydrogen-bond donors (Lipinski definition) is 2. The predicted molar refractivity (Wildman–Crippen MR) is 108 cm³/mol. The minimum Gasteiger partial charge on any atom is -0.495 e. The first kappa shape index (κ1) is 18.9. The normalized spacial score (nSPS) is 10.7. The second kappa shape index (κ2) is 7.79. The van der Waals surface area contributed by atoms with Crippen LogP contribution in [-0.4, -0.2) is 27.8 Å². The zero-order chi connectivity index (χ0) is 19.6. The maximum absolute atomic E-state index is 11.4. The van der Waals surface area contributed by atoms with Gasteiger partial charge in [0.25, 0.3) is 0 Å². The Morgan fingerprint density at radius 3 is 2.74 bits per heavy atom. The van der Waals surface area contributed by atoms with Gasteiger partial charge in [-0.3, -0.25) is 9.48 Å². The number of nitrogens with zero attached hydrogens (tertiary/aromatic N) is 3. The van der Waals surface area contributed by atoms with Crippen LogP contribution in [0.25, 0.3) is 11.4 Å². The zero-order valence-electron chi connectivity index (χ0n) is 15.3. The van der Waals surface area contributed by atoms with Crippen molar-refractivity contribution in [3.63, 3.8) is 0 Å². The molecule has 2 heterocycles. The number of ether oxygens (including phenoxy) is 1. The van der Waals surface area contributed by atoms with E-state index in [0.29, 0.717) is 22.8 Å². The van der Waals surface area contributed by atoms with Crippen LogP contribution >= 0.6 is 15.9 Å². The van der Waals surface area contributed by atoms with Crippen molar-refractivity contribution in [2.45, 2.75) is 20.4 Å². The summed E-state index contributed by atoms with van der Waals surface area (Å²) >= 11 is 3.52. The van der Waals surface area contributed by atoms with Crippen molar-refractivity contribution in [1.82, 2.24) is 14.8 Å². The molecule has 140 valence electrons. The van der Waals surface area contributed by atoms with E-state index in [-0.39, 0.29) is 0 Å². The third-order valence-corrected chi connectivity index (χ3v) is 4.69. The van der Waals surface area contributed by atoms with Gasteiger partial charge in [-0.05, 0) is 66.2 Å². The van der Waals surface area contributed by atoms with E-state index in [0.717, 1.165) is 28.1 Å². The second-order valence-electron chi connectivity index (χ2n) is 5.92. The lowest BCUT2D eigenvalue weighted by atomic mass is 10.1. The van der Waals surface area contributed by atoms with Crippen LogP contribution in [0.4, 0.5) is 11.5 Å². The number of aryl methyl sites for hydroxylation is 2. The molecule has 3 N–H and O–H groups in total. The number of halogens is 1. The van der Waals surface area contributed by atoms with E-state index in [1.54, 1.807) is 18.2 Å². The van der Waals surface area contributed by atoms with E-state index in [1.807, 2.05) is 36.7 Å². The van der Waals surface area contributed by atoms with E-state index in [9.17, 15) is 4.79 Å². The van der Waals surface area contributed by atoms with E-state index in [2.05, 4.69) is 26.3 Å². The molecular formula is C19H20BrN5O2. The number of pyridine rings is 1. The maximum atomic E-state index is 11.4. The van der Waals surface area contributed by atoms with E-state index >= 15 is 0 Å². The number of amides is 1. The highest BCUT2D eigenvalue weighted by atomic mass is 79.9. The fraction of sp³-hybridized carbons (Fsp3) is 0.211. The van der Waals surface area contributed by atoms with Crippen molar-refractivity contribution in [3.8, 4) is 17.1 Å². The summed E-state index contributed by atoms with van der Waals surface area (Å²) in [6, 6.07) is 10.8. The highest BCUT2D eigenvalue weighted by Gasteiger charge is 2.13. The summed E-state index contributed by atoms with van der Waals surface area (Å²) in [4.78, 5) is 16.1. The van der Waals surface area contributed by atoms with Crippen LogP contribution in [0.5, 0.6) is 5.75 Å². The van der Waals surface area contributed by atoms with Crippen LogP contribution in [0.2, 0.25) is 0 Å². The molecule has 1 amide bonds. The minimum atomic E-state index is -0.510. The number of carbonyl (C=O) groups is 1. The Balaban J connectivity index is 1.99. The van der Waals surface area contributed by atoms with Gasteiger partial charge in [-0.15, -0.1) is 0 Å². The number of hydrogen-bond acceptors (Lipinski definition) is 5. The minimum absolute atomic E-state index is 0.375. The summed E-state index contributed by atoms with van der Waals surface area (Å²) in [5, 5.41) is 7.72. The number of anilines is 2. The average molecular weight is 430 g/mol. The standard InChI is InChI=1S/C19H20BrN5O2/c1-4-25-16(9-11(2)24-25)14-8-6-13(20)19(22-14)23-15-7-5-12(18(21)26)10-17(15)27-3/h5-10H,4H2,1-3H3,(H2,21,26)(H,22,23). The van der Waals surface area contributed by atoms with E-state index < -0.39 is 5.91 Å². The molecule has 0 aliphatic carbocycles. The van der Waals surface area contributed by atoms with Crippen LogP contribution in [0.3, 0.4) is 0 Å². The molecule has 1 aromatic carbocycles. The lowest BCUT2D eigenvalue weighted by Gasteiger charge is -2.14. The molecule has 0 saturated carbocycles. The van der Waals surface area contributed by atoms with Gasteiger partial charge < -0.3 is 15.8 Å². The number of benzene rings is 1. The number of rotatable bonds is 6. The van der Waals surface area contributed by atoms with E-state index in [4.69, 9.17) is 15.5 Å². The highest BCUT2D eigenvalue weighted by Crippen LogP contribution is 2.32. The molecule has 0 aliphatic heterocycles. The van der Waals surface area contributed by atoms with Crippen molar-refractivity contribution in [3.05, 3.63) is 52.1 Å². The second-order valence-corrected chi connectivity index (χ2v) is 6.77. The Hall–Kier alpha value is -2.87. The first-order valence-electron chi connectivity index (χ1n) is 8.39. The van der Waals surface area contributed by atoms with Crippen LogP contribution in [0, 0.1) is 6.92 Å². The number of aromatic nitrogens is 3. The molecule has 2 aromatic heterocycles. The Kier molecular flexibility index (Phi) is 5.46. The third kappa shape index (κ3) is 3.95. The molecule has 0 spiro atoms. The molecule has 0 unspecified atom stereocenters. The molecule has 27 heavy (non-hydrogen) atoms. The van der Waals surface area contributed by atoms with Gasteiger partial charge in [-0.25, -0.2) is 4.98 Å². The summed E-state index contributed by atoms with van der Waals surface area (Å²) < 4.78 is 8.09. The summed E-state index contributed by atoms with van der Waals surface area (Å²) in [5.74, 6) is 0.614. The zero-order valence-corrected chi connectivity index (χ0v) is 16.9. The van der Waals surface area contributed by atoms with Crippen molar-refractivity contribution in [2.75, 3.05) is 12.4 Å². The lowest BCUT2D eigenvalue weighted by molar-refractivity contribution is 0.1000. The van der Waals surface area contributed by atoms with Crippen LogP contribution in [0.15, 0.2) is 40.9 Å². The van der Waals surface area contributed by atoms with Gasteiger partial charge in [0.2, 0.25) is 5.91 Å². The van der Waals surface area contributed by atoms with Gasteiger partial charge in [-0.2, -0.15) is 5.10 Å². The SMILES string of the molecule is CCn1nc(C)cc1-c1ccc(Br)c(Nc2ccc(C(N)=O)cc2OC)n1. The van der Waals surface area contributed by atoms with Crippen LogP contribution < -0.4 is 15.8 Å². The van der Waals surface area contributed by atoms with Crippen molar-refractivity contribution < 1.29 is 9.53 Å². The highest BCUT2D eigenvalue weighted by molar-refractivity contribution is 9.10. The van der Waals surface area contributed by atoms with Gasteiger partial charge in [0, 0.05) is 12.1 Å². The van der Waals surface area contributed by atoms with Crippen molar-refractivity contribution in [1.29, 1.82) is 0 Å². The van der Waals surface area contributed by atoms with Gasteiger partial charge in [0.1, 0.15) is 11.6 Å². The Labute approximate surface area is 165 Å². The third-order valence-electron chi connectivity index (χ3n) is 4.05. The number of nitrogens with two attached hydrogens (primary N) is 1. The number of methoxy groups -OCH3 is 1. The molecule has 0 radical (unpaired) electrons. The lowest BCUT2D eigenvalue weighted by Crippen LogP contribution is -2.11. The average Bonchev–Trinajstić information content (AvgIpc) is 3.04. The van der Waals surface area contributed by atoms with Crippen LogP contribution in [-0.2, 0) is 6.54 Å². The molecule has 8 heteroatoms. The van der Waals surface area contributed by atoms with Crippen LogP contribution in [0.1, 0.15) is 23.0 Å². The Morgan fingerprint density at radius 2 is 2.07 bits per heavy atom. The molecule has 3 aromatic rings. The number of carbonyl (C=O) groups excluding carboxylic acids is 1. The quantitative estimate of drug-likeness (QED) is 0.619. The van der Waals surface area contributed by atoms with Gasteiger partial charge >= 0.3 is 0 Å². The summed E-state index contributed by atoms with van der Waals surface area (Å²) in [6.45, 7) is 4.75. The van der Waals surface area contributed by atoms with Gasteiger partial charge in [0.05, 0.1) is 34.4 Å². The summed E-state index contributed by atoms with van der Waals surface area (Å²) in [6.07, 6.45) is 0. The predicted octanol–water partition coefficient (Wildman–Crippen LogP) is 3.89. The molecule has 0 saturated heterocycles. The fourth-order valence-electron chi connectivity index (χ4n) is 2.74. The number of primary amides is 1. The fourth-order valence-corrected chi connectivity index (χ4v) is 3.06. The van der Waals surface area contributed by atoms with E-state index in [1.165, 1.54) is 7.11 Å². The molecule has 0 aliphatic rings. The maximum Gasteiger partial charge on any atom is 0.248 e. The Bertz CT molecular complexity index is 1000. The summed E-state index contributed by atoms with van der Waals surface area (Å²) in [7, 11) is 1.53. The van der Waals surface area contributed by atoms with Crippen molar-refractivity contribution in [2.24, 2.45) is 5.73 Å². The van der Waals surface area contributed by atoms with Crippen molar-refractivity contribution >= 4 is 33.3 Å².